The molecule has 0 spiro atoms. The van der Waals surface area contributed by atoms with Crippen LogP contribution >= 0.6 is 0 Å². The van der Waals surface area contributed by atoms with Crippen molar-refractivity contribution >= 4 is 5.78 Å². The minimum atomic E-state index is -0.563. The molecule has 2 rings (SSSR count). The van der Waals surface area contributed by atoms with Gasteiger partial charge < -0.3 is 9.84 Å². The highest BCUT2D eigenvalue weighted by Gasteiger charge is 2.24. The molecule has 1 aromatic heterocycles. The van der Waals surface area contributed by atoms with Crippen molar-refractivity contribution in [3.05, 3.63) is 56.9 Å². The van der Waals surface area contributed by atoms with Crippen molar-refractivity contribution in [1.29, 1.82) is 5.26 Å². The number of pyridine rings is 1. The van der Waals surface area contributed by atoms with Gasteiger partial charge in [0.1, 0.15) is 17.4 Å². The molecule has 142 valence electrons. The number of ketones is 1. The van der Waals surface area contributed by atoms with Crippen LogP contribution in [0.1, 0.15) is 60.2 Å². The van der Waals surface area contributed by atoms with Crippen LogP contribution in [0.5, 0.6) is 11.6 Å². The van der Waals surface area contributed by atoms with Crippen LogP contribution in [0.15, 0.2) is 29.1 Å². The third kappa shape index (κ3) is 4.20. The van der Waals surface area contributed by atoms with Crippen molar-refractivity contribution < 1.29 is 14.6 Å². The topological polar surface area (TPSA) is 92.3 Å². The molecule has 2 aromatic rings. The smallest absolute Gasteiger partial charge is 0.271 e. The predicted octanol–water partition coefficient (Wildman–Crippen LogP) is 3.55. The molecule has 0 bridgehead atoms. The second kappa shape index (κ2) is 9.04. The van der Waals surface area contributed by atoms with Crippen molar-refractivity contribution in [1.82, 2.24) is 4.57 Å². The summed E-state index contributed by atoms with van der Waals surface area (Å²) in [6.45, 7) is 6.18. The van der Waals surface area contributed by atoms with Crippen LogP contribution in [0.25, 0.3) is 0 Å². The molecule has 0 aliphatic carbocycles. The van der Waals surface area contributed by atoms with E-state index in [0.717, 1.165) is 17.4 Å². The summed E-state index contributed by atoms with van der Waals surface area (Å²) < 4.78 is 6.50. The van der Waals surface area contributed by atoms with Crippen LogP contribution in [0.2, 0.25) is 0 Å². The lowest BCUT2D eigenvalue weighted by atomic mass is 9.97. The van der Waals surface area contributed by atoms with Crippen molar-refractivity contribution in [3.63, 3.8) is 0 Å². The SMILES string of the molecule is CCCCCn1c(O)c(C(=O)c2ccc(OCC)cc2)c(C)c(C#N)c1=O. The van der Waals surface area contributed by atoms with Crippen LogP contribution < -0.4 is 10.3 Å². The number of benzene rings is 1. The number of ether oxygens (including phenoxy) is 1. The van der Waals surface area contributed by atoms with E-state index in [9.17, 15) is 20.0 Å². The Kier molecular flexibility index (Phi) is 6.78. The maximum Gasteiger partial charge on any atom is 0.271 e. The van der Waals surface area contributed by atoms with Gasteiger partial charge in [0.15, 0.2) is 5.78 Å². The number of nitriles is 1. The minimum absolute atomic E-state index is 0.00758. The van der Waals surface area contributed by atoms with E-state index in [1.807, 2.05) is 19.9 Å². The number of nitrogens with zero attached hydrogens (tertiary/aromatic N) is 2. The van der Waals surface area contributed by atoms with E-state index in [-0.39, 0.29) is 29.1 Å². The molecule has 0 atom stereocenters. The first-order valence-electron chi connectivity index (χ1n) is 9.10. The lowest BCUT2D eigenvalue weighted by molar-refractivity contribution is 0.103. The fourth-order valence-electron chi connectivity index (χ4n) is 2.96. The Morgan fingerprint density at radius 2 is 1.89 bits per heavy atom. The van der Waals surface area contributed by atoms with E-state index in [0.29, 0.717) is 24.3 Å². The molecule has 0 saturated carbocycles. The van der Waals surface area contributed by atoms with Crippen LogP contribution in [-0.4, -0.2) is 22.1 Å². The third-order valence-electron chi connectivity index (χ3n) is 4.44. The molecule has 1 aromatic carbocycles. The van der Waals surface area contributed by atoms with Gasteiger partial charge in [0.25, 0.3) is 5.56 Å². The monoisotopic (exact) mass is 368 g/mol. The maximum absolute atomic E-state index is 13.0. The Bertz CT molecular complexity index is 921. The number of rotatable bonds is 8. The van der Waals surface area contributed by atoms with E-state index in [4.69, 9.17) is 4.74 Å². The molecule has 6 heteroatoms. The zero-order valence-electron chi connectivity index (χ0n) is 15.9. The van der Waals surface area contributed by atoms with Gasteiger partial charge in [0, 0.05) is 12.1 Å². The molecule has 1 N–H and O–H groups in total. The lowest BCUT2D eigenvalue weighted by Gasteiger charge is -2.15. The fourth-order valence-corrected chi connectivity index (χ4v) is 2.96. The first-order chi connectivity index (χ1) is 13.0. The Balaban J connectivity index is 2.54. The molecule has 0 unspecified atom stereocenters. The quantitative estimate of drug-likeness (QED) is 0.568. The summed E-state index contributed by atoms with van der Waals surface area (Å²) in [5.74, 6) is -0.183. The normalized spacial score (nSPS) is 10.4. The first kappa shape index (κ1) is 20.2. The Hall–Kier alpha value is -3.07. The molecule has 6 nitrogen and oxygen atoms in total. The van der Waals surface area contributed by atoms with Crippen LogP contribution in [0.4, 0.5) is 0 Å². The molecular weight excluding hydrogens is 344 g/mol. The van der Waals surface area contributed by atoms with Crippen molar-refractivity contribution in [2.45, 2.75) is 46.6 Å². The molecule has 0 radical (unpaired) electrons. The van der Waals surface area contributed by atoms with Crippen molar-refractivity contribution in [2.24, 2.45) is 0 Å². The van der Waals surface area contributed by atoms with Gasteiger partial charge in [-0.15, -0.1) is 0 Å². The number of carbonyl (C=O) groups excluding carboxylic acids is 1. The Labute approximate surface area is 158 Å². The molecule has 1 heterocycles. The van der Waals surface area contributed by atoms with Crippen LogP contribution in [0, 0.1) is 18.3 Å². The van der Waals surface area contributed by atoms with Crippen molar-refractivity contribution in [2.75, 3.05) is 6.61 Å². The summed E-state index contributed by atoms with van der Waals surface area (Å²) in [4.78, 5) is 25.5. The van der Waals surface area contributed by atoms with Gasteiger partial charge in [0.2, 0.25) is 5.88 Å². The number of carbonyl (C=O) groups is 1. The molecule has 0 saturated heterocycles. The van der Waals surface area contributed by atoms with Crippen LogP contribution in [-0.2, 0) is 6.54 Å². The summed E-state index contributed by atoms with van der Waals surface area (Å²) in [6.07, 6.45) is 2.50. The van der Waals surface area contributed by atoms with Gasteiger partial charge in [-0.2, -0.15) is 5.26 Å². The summed E-state index contributed by atoms with van der Waals surface area (Å²) in [5.41, 5.74) is -0.137. The average Bonchev–Trinajstić information content (AvgIpc) is 2.65. The maximum atomic E-state index is 13.0. The first-order valence-corrected chi connectivity index (χ1v) is 9.10. The fraction of sp³-hybridized carbons (Fsp3) is 0.381. The van der Waals surface area contributed by atoms with E-state index in [1.165, 1.54) is 6.92 Å². The standard InChI is InChI=1S/C21H24N2O4/c1-4-6-7-12-23-20(25)17(13-22)14(3)18(21(23)26)19(24)15-8-10-16(11-9-15)27-5-2/h8-11,26H,4-7,12H2,1-3H3. The van der Waals surface area contributed by atoms with E-state index in [1.54, 1.807) is 24.3 Å². The van der Waals surface area contributed by atoms with Gasteiger partial charge in [-0.05, 0) is 50.1 Å². The summed E-state index contributed by atoms with van der Waals surface area (Å²) in [5, 5.41) is 20.0. The summed E-state index contributed by atoms with van der Waals surface area (Å²) in [7, 11) is 0. The predicted molar refractivity (Wildman–Crippen MR) is 102 cm³/mol. The molecule has 0 aliphatic rings. The van der Waals surface area contributed by atoms with Crippen LogP contribution in [0.3, 0.4) is 0 Å². The third-order valence-corrected chi connectivity index (χ3v) is 4.44. The highest BCUT2D eigenvalue weighted by atomic mass is 16.5. The number of aromatic hydroxyl groups is 1. The molecule has 0 amide bonds. The number of aromatic nitrogens is 1. The second-order valence-corrected chi connectivity index (χ2v) is 6.26. The second-order valence-electron chi connectivity index (χ2n) is 6.26. The highest BCUT2D eigenvalue weighted by molar-refractivity contribution is 6.11. The number of hydrogen-bond donors (Lipinski definition) is 1. The van der Waals surface area contributed by atoms with E-state index < -0.39 is 11.3 Å². The van der Waals surface area contributed by atoms with E-state index in [2.05, 4.69) is 0 Å². The molecule has 0 aliphatic heterocycles. The zero-order valence-corrected chi connectivity index (χ0v) is 15.9. The van der Waals surface area contributed by atoms with Crippen molar-refractivity contribution in [3.8, 4) is 17.7 Å². The minimum Gasteiger partial charge on any atom is -0.494 e. The lowest BCUT2D eigenvalue weighted by Crippen LogP contribution is -2.27. The number of hydrogen-bond acceptors (Lipinski definition) is 5. The number of unbranched alkanes of at least 4 members (excludes halogenated alkanes) is 2. The highest BCUT2D eigenvalue weighted by Crippen LogP contribution is 2.26. The van der Waals surface area contributed by atoms with Gasteiger partial charge >= 0.3 is 0 Å². The Morgan fingerprint density at radius 3 is 2.44 bits per heavy atom. The van der Waals surface area contributed by atoms with Gasteiger partial charge in [-0.25, -0.2) is 0 Å². The summed E-state index contributed by atoms with van der Waals surface area (Å²) >= 11 is 0. The van der Waals surface area contributed by atoms with Gasteiger partial charge in [-0.1, -0.05) is 19.8 Å². The zero-order chi connectivity index (χ0) is 20.0. The van der Waals surface area contributed by atoms with Gasteiger partial charge in [0.05, 0.1) is 12.2 Å². The largest absolute Gasteiger partial charge is 0.494 e. The average molecular weight is 368 g/mol. The van der Waals surface area contributed by atoms with Gasteiger partial charge in [-0.3, -0.25) is 14.2 Å². The molecule has 0 fully saturated rings. The molecular formula is C21H24N2O4. The van der Waals surface area contributed by atoms with E-state index >= 15 is 0 Å². The Morgan fingerprint density at radius 1 is 1.22 bits per heavy atom. The molecule has 27 heavy (non-hydrogen) atoms. The summed E-state index contributed by atoms with van der Waals surface area (Å²) in [6, 6.07) is 8.43.